The quantitative estimate of drug-likeness (QED) is 0.841. The van der Waals surface area contributed by atoms with E-state index >= 15 is 0 Å². The van der Waals surface area contributed by atoms with Gasteiger partial charge in [0.1, 0.15) is 5.78 Å². The molecule has 19 heavy (non-hydrogen) atoms. The van der Waals surface area contributed by atoms with E-state index in [-0.39, 0.29) is 29.4 Å². The second kappa shape index (κ2) is 4.48. The highest BCUT2D eigenvalue weighted by Gasteiger charge is 2.45. The zero-order valence-corrected chi connectivity index (χ0v) is 11.3. The fraction of sp³-hybridized carbons (Fsp3) is 0.500. The van der Waals surface area contributed by atoms with Crippen molar-refractivity contribution in [3.63, 3.8) is 0 Å². The van der Waals surface area contributed by atoms with E-state index in [1.807, 2.05) is 24.3 Å². The second-order valence-corrected chi connectivity index (χ2v) is 6.04. The number of rotatable bonds is 1. The van der Waals surface area contributed by atoms with Gasteiger partial charge in [-0.05, 0) is 24.0 Å². The van der Waals surface area contributed by atoms with E-state index in [0.29, 0.717) is 18.8 Å². The Hall–Kier alpha value is -1.64. The lowest BCUT2D eigenvalue weighted by molar-refractivity contribution is -0.123. The van der Waals surface area contributed by atoms with Crippen molar-refractivity contribution >= 4 is 17.3 Å². The molecule has 2 aliphatic rings. The van der Waals surface area contributed by atoms with Gasteiger partial charge in [0.15, 0.2) is 5.78 Å². The minimum absolute atomic E-state index is 0.0175. The van der Waals surface area contributed by atoms with Gasteiger partial charge in [-0.3, -0.25) is 9.59 Å². The molecule has 3 atom stereocenters. The number of hydrogen-bond acceptors (Lipinski definition) is 3. The largest absolute Gasteiger partial charge is 0.381 e. The number of para-hydroxylation sites is 1. The normalized spacial score (nSPS) is 29.7. The van der Waals surface area contributed by atoms with E-state index in [4.69, 9.17) is 0 Å². The van der Waals surface area contributed by atoms with Crippen molar-refractivity contribution in [3.05, 3.63) is 29.8 Å². The second-order valence-electron chi connectivity index (χ2n) is 6.04. The van der Waals surface area contributed by atoms with Gasteiger partial charge in [-0.2, -0.15) is 0 Å². The van der Waals surface area contributed by atoms with Crippen LogP contribution in [-0.2, 0) is 4.79 Å². The van der Waals surface area contributed by atoms with Crippen LogP contribution in [0.2, 0.25) is 0 Å². The Labute approximate surface area is 113 Å². The molecule has 1 saturated carbocycles. The van der Waals surface area contributed by atoms with Crippen molar-refractivity contribution in [1.82, 2.24) is 0 Å². The molecule has 1 aliphatic heterocycles. The van der Waals surface area contributed by atoms with E-state index in [1.54, 1.807) is 0 Å². The zero-order chi connectivity index (χ0) is 13.6. The first kappa shape index (κ1) is 12.4. The van der Waals surface area contributed by atoms with Crippen LogP contribution in [0.3, 0.4) is 0 Å². The highest BCUT2D eigenvalue weighted by molar-refractivity contribution is 6.06. The predicted molar refractivity (Wildman–Crippen MR) is 74.2 cm³/mol. The number of fused-ring (bicyclic) bond motifs is 2. The smallest absolute Gasteiger partial charge is 0.170 e. The molecule has 100 valence electrons. The lowest BCUT2D eigenvalue weighted by Crippen LogP contribution is -2.49. The van der Waals surface area contributed by atoms with Crippen LogP contribution in [0.4, 0.5) is 5.69 Å². The molecular formula is C16H19NO2. The van der Waals surface area contributed by atoms with Gasteiger partial charge in [0, 0.05) is 36.1 Å². The summed E-state index contributed by atoms with van der Waals surface area (Å²) in [5, 5.41) is 3.40. The summed E-state index contributed by atoms with van der Waals surface area (Å²) in [6, 6.07) is 7.61. The van der Waals surface area contributed by atoms with Crippen molar-refractivity contribution in [2.75, 3.05) is 5.32 Å². The fourth-order valence-electron chi connectivity index (χ4n) is 3.52. The van der Waals surface area contributed by atoms with E-state index in [9.17, 15) is 9.59 Å². The average molecular weight is 257 g/mol. The highest BCUT2D eigenvalue weighted by Crippen LogP contribution is 2.41. The maximum Gasteiger partial charge on any atom is 0.170 e. The third kappa shape index (κ3) is 1.97. The molecule has 0 unspecified atom stereocenters. The first-order valence-electron chi connectivity index (χ1n) is 6.99. The molecule has 0 amide bonds. The molecule has 1 aliphatic carbocycles. The van der Waals surface area contributed by atoms with Gasteiger partial charge in [-0.15, -0.1) is 0 Å². The third-order valence-corrected chi connectivity index (χ3v) is 4.50. The molecule has 0 saturated heterocycles. The van der Waals surface area contributed by atoms with Crippen LogP contribution >= 0.6 is 0 Å². The number of Topliss-reactive ketones (excluding diaryl/α,β-unsaturated/α-hetero) is 2. The molecule has 0 bridgehead atoms. The van der Waals surface area contributed by atoms with Crippen LogP contribution in [0.1, 0.15) is 37.0 Å². The van der Waals surface area contributed by atoms with E-state index in [2.05, 4.69) is 19.2 Å². The molecule has 1 N–H and O–H groups in total. The molecule has 1 heterocycles. The first-order chi connectivity index (χ1) is 9.08. The number of anilines is 1. The van der Waals surface area contributed by atoms with Gasteiger partial charge in [-0.1, -0.05) is 26.0 Å². The van der Waals surface area contributed by atoms with Crippen LogP contribution in [0.25, 0.3) is 0 Å². The molecule has 1 aromatic carbocycles. The number of carbonyl (C=O) groups is 2. The van der Waals surface area contributed by atoms with Crippen molar-refractivity contribution in [1.29, 1.82) is 0 Å². The zero-order valence-electron chi connectivity index (χ0n) is 11.3. The molecule has 0 aromatic heterocycles. The average Bonchev–Trinajstić information content (AvgIpc) is 2.37. The maximum atomic E-state index is 12.7. The predicted octanol–water partition coefficient (Wildman–Crippen LogP) is 2.91. The number of benzene rings is 1. The number of hydrogen-bond donors (Lipinski definition) is 1. The summed E-state index contributed by atoms with van der Waals surface area (Å²) in [5.41, 5.74) is 1.66. The van der Waals surface area contributed by atoms with Crippen LogP contribution in [0.5, 0.6) is 0 Å². The molecule has 0 radical (unpaired) electrons. The van der Waals surface area contributed by atoms with E-state index < -0.39 is 0 Å². The Morgan fingerprint density at radius 3 is 2.63 bits per heavy atom. The molecular weight excluding hydrogens is 238 g/mol. The standard InChI is InChI=1S/C16H19NO2/c1-9(2)12-7-10(18)8-14-15(12)16(19)11-5-3-4-6-13(11)17-14/h3-6,9,12,14-15,17H,7-8H2,1-2H3/t12-,14-,15+/m0/s1. The highest BCUT2D eigenvalue weighted by atomic mass is 16.1. The molecule has 3 heteroatoms. The molecule has 1 fully saturated rings. The summed E-state index contributed by atoms with van der Waals surface area (Å²) in [5.74, 6) is 0.963. The van der Waals surface area contributed by atoms with Crippen LogP contribution in [0.15, 0.2) is 24.3 Å². The van der Waals surface area contributed by atoms with Crippen LogP contribution in [-0.4, -0.2) is 17.6 Å². The Morgan fingerprint density at radius 2 is 1.89 bits per heavy atom. The molecule has 0 spiro atoms. The topological polar surface area (TPSA) is 46.2 Å². The maximum absolute atomic E-state index is 12.7. The summed E-state index contributed by atoms with van der Waals surface area (Å²) in [4.78, 5) is 24.6. The lowest BCUT2D eigenvalue weighted by atomic mass is 9.66. The van der Waals surface area contributed by atoms with Crippen LogP contribution < -0.4 is 5.32 Å². The summed E-state index contributed by atoms with van der Waals surface area (Å²) >= 11 is 0. The lowest BCUT2D eigenvalue weighted by Gasteiger charge is -2.42. The van der Waals surface area contributed by atoms with Crippen LogP contribution in [0, 0.1) is 17.8 Å². The minimum Gasteiger partial charge on any atom is -0.381 e. The fourth-order valence-corrected chi connectivity index (χ4v) is 3.52. The Morgan fingerprint density at radius 1 is 1.16 bits per heavy atom. The molecule has 1 aromatic rings. The van der Waals surface area contributed by atoms with Gasteiger partial charge < -0.3 is 5.32 Å². The van der Waals surface area contributed by atoms with Gasteiger partial charge in [-0.25, -0.2) is 0 Å². The number of nitrogens with one attached hydrogen (secondary N) is 1. The van der Waals surface area contributed by atoms with Gasteiger partial charge >= 0.3 is 0 Å². The minimum atomic E-state index is -0.0485. The summed E-state index contributed by atoms with van der Waals surface area (Å²) < 4.78 is 0. The van der Waals surface area contributed by atoms with E-state index in [0.717, 1.165) is 11.3 Å². The van der Waals surface area contributed by atoms with Gasteiger partial charge in [0.2, 0.25) is 0 Å². The monoisotopic (exact) mass is 257 g/mol. The van der Waals surface area contributed by atoms with Gasteiger partial charge in [0.05, 0.1) is 0 Å². The third-order valence-electron chi connectivity index (χ3n) is 4.50. The number of ketones is 2. The summed E-state index contributed by atoms with van der Waals surface area (Å²) in [6.07, 6.45) is 1.03. The molecule has 3 rings (SSSR count). The SMILES string of the molecule is CC(C)[C@@H]1CC(=O)C[C@@H]2Nc3ccccc3C(=O)[C@@H]21. The summed E-state index contributed by atoms with van der Waals surface area (Å²) in [6.45, 7) is 4.21. The van der Waals surface area contributed by atoms with Crippen molar-refractivity contribution in [2.45, 2.75) is 32.7 Å². The number of carbonyl (C=O) groups excluding carboxylic acids is 2. The Kier molecular flexibility index (Phi) is 2.92. The Bertz CT molecular complexity index is 535. The van der Waals surface area contributed by atoms with Crippen molar-refractivity contribution in [3.8, 4) is 0 Å². The van der Waals surface area contributed by atoms with Gasteiger partial charge in [0.25, 0.3) is 0 Å². The Balaban J connectivity index is 2.03. The summed E-state index contributed by atoms with van der Waals surface area (Å²) in [7, 11) is 0. The molecule has 3 nitrogen and oxygen atoms in total. The van der Waals surface area contributed by atoms with Crippen molar-refractivity contribution in [2.24, 2.45) is 17.8 Å². The first-order valence-corrected chi connectivity index (χ1v) is 6.99. The van der Waals surface area contributed by atoms with Crippen molar-refractivity contribution < 1.29 is 9.59 Å². The van der Waals surface area contributed by atoms with E-state index in [1.165, 1.54) is 0 Å².